The van der Waals surface area contributed by atoms with Crippen LogP contribution in [-0.2, 0) is 21.0 Å². The van der Waals surface area contributed by atoms with Crippen molar-refractivity contribution >= 4 is 27.8 Å². The van der Waals surface area contributed by atoms with E-state index in [1.807, 2.05) is 0 Å². The number of alkyl halides is 3. The number of anilines is 1. The van der Waals surface area contributed by atoms with Gasteiger partial charge in [-0.3, -0.25) is 9.10 Å². The number of sulfonamides is 1. The van der Waals surface area contributed by atoms with Gasteiger partial charge in [-0.2, -0.15) is 18.3 Å². The summed E-state index contributed by atoms with van der Waals surface area (Å²) in [5.41, 5.74) is 3.09. The Balaban J connectivity index is 1.78. The maximum atomic E-state index is 14.2. The fraction of sp³-hybridized carbons (Fsp3) is 0.217. The highest BCUT2D eigenvalue weighted by Crippen LogP contribution is 2.32. The van der Waals surface area contributed by atoms with E-state index >= 15 is 0 Å². The first-order valence-electron chi connectivity index (χ1n) is 10.2. The molecule has 0 radical (unpaired) electrons. The van der Waals surface area contributed by atoms with Crippen LogP contribution in [0.2, 0.25) is 0 Å². The fourth-order valence-electron chi connectivity index (χ4n) is 3.50. The third-order valence-corrected chi connectivity index (χ3v) is 6.25. The molecule has 0 atom stereocenters. The minimum Gasteiger partial charge on any atom is -0.315 e. The summed E-state index contributed by atoms with van der Waals surface area (Å²) in [7, 11) is -4.08. The molecule has 0 unspecified atom stereocenters. The molecule has 35 heavy (non-hydrogen) atoms. The highest BCUT2D eigenvalue weighted by Gasteiger charge is 2.32. The summed E-state index contributed by atoms with van der Waals surface area (Å²) in [4.78, 5) is 12.4. The first kappa shape index (κ1) is 25.9. The number of para-hydroxylation sites is 1. The minimum absolute atomic E-state index is 0.310. The first-order chi connectivity index (χ1) is 16.3. The molecule has 0 spiro atoms. The fourth-order valence-corrected chi connectivity index (χ4v) is 4.35. The number of hydrogen-bond acceptors (Lipinski definition) is 4. The van der Waals surface area contributed by atoms with E-state index in [0.717, 1.165) is 24.5 Å². The van der Waals surface area contributed by atoms with Gasteiger partial charge in [0, 0.05) is 17.0 Å². The molecule has 0 aliphatic heterocycles. The van der Waals surface area contributed by atoms with Crippen LogP contribution in [0.15, 0.2) is 59.7 Å². The van der Waals surface area contributed by atoms with Crippen LogP contribution in [0.4, 0.5) is 23.2 Å². The Morgan fingerprint density at radius 3 is 2.43 bits per heavy atom. The number of hydrogen-bond donors (Lipinski definition) is 1. The van der Waals surface area contributed by atoms with E-state index < -0.39 is 40.0 Å². The van der Waals surface area contributed by atoms with Crippen LogP contribution in [0.25, 0.3) is 5.69 Å². The van der Waals surface area contributed by atoms with Gasteiger partial charge >= 0.3 is 6.18 Å². The smallest absolute Gasteiger partial charge is 0.315 e. The number of benzene rings is 2. The van der Waals surface area contributed by atoms with Crippen molar-refractivity contribution in [3.05, 3.63) is 82.9 Å². The van der Waals surface area contributed by atoms with Gasteiger partial charge < -0.3 is 4.57 Å². The van der Waals surface area contributed by atoms with Gasteiger partial charge in [0.25, 0.3) is 5.91 Å². The molecular formula is C23H22F4N4O3S. The zero-order valence-corrected chi connectivity index (χ0v) is 19.8. The number of amides is 1. The van der Waals surface area contributed by atoms with Crippen molar-refractivity contribution in [1.82, 2.24) is 9.99 Å². The van der Waals surface area contributed by atoms with Crippen molar-refractivity contribution in [2.24, 2.45) is 5.10 Å². The van der Waals surface area contributed by atoms with Gasteiger partial charge in [-0.1, -0.05) is 18.2 Å². The average Bonchev–Trinajstić information content (AvgIpc) is 3.04. The summed E-state index contributed by atoms with van der Waals surface area (Å²) in [6.07, 6.45) is -2.59. The third-order valence-electron chi connectivity index (χ3n) is 5.11. The normalized spacial score (nSPS) is 12.2. The first-order valence-corrected chi connectivity index (χ1v) is 12.0. The van der Waals surface area contributed by atoms with Crippen molar-refractivity contribution in [1.29, 1.82) is 0 Å². The summed E-state index contributed by atoms with van der Waals surface area (Å²) >= 11 is 0. The largest absolute Gasteiger partial charge is 0.416 e. The number of nitrogens with zero attached hydrogens (tertiary/aromatic N) is 3. The zero-order valence-electron chi connectivity index (χ0n) is 19.0. The topological polar surface area (TPSA) is 83.8 Å². The van der Waals surface area contributed by atoms with Crippen molar-refractivity contribution < 1.29 is 30.8 Å². The summed E-state index contributed by atoms with van der Waals surface area (Å²) in [5.74, 6) is -1.28. The third kappa shape index (κ3) is 6.07. The summed E-state index contributed by atoms with van der Waals surface area (Å²) in [6.45, 7) is 2.72. The Labute approximate surface area is 199 Å². The lowest BCUT2D eigenvalue weighted by Gasteiger charge is -2.22. The molecule has 1 amide bonds. The maximum absolute atomic E-state index is 14.2. The van der Waals surface area contributed by atoms with E-state index in [1.54, 1.807) is 42.7 Å². The predicted molar refractivity (Wildman–Crippen MR) is 125 cm³/mol. The number of halogens is 4. The molecular weight excluding hydrogens is 488 g/mol. The number of aryl methyl sites for hydroxylation is 1. The average molecular weight is 511 g/mol. The van der Waals surface area contributed by atoms with Crippen molar-refractivity contribution in [3.8, 4) is 5.69 Å². The highest BCUT2D eigenvalue weighted by molar-refractivity contribution is 7.92. The molecule has 0 saturated carbocycles. The van der Waals surface area contributed by atoms with Crippen LogP contribution in [-0.4, -0.2) is 37.9 Å². The van der Waals surface area contributed by atoms with Gasteiger partial charge in [-0.15, -0.1) is 0 Å². The second kappa shape index (κ2) is 9.90. The Bertz CT molecular complexity index is 1380. The van der Waals surface area contributed by atoms with Crippen LogP contribution in [0.1, 0.15) is 22.5 Å². The number of carbonyl (C=O) groups is 1. The van der Waals surface area contributed by atoms with Crippen LogP contribution < -0.4 is 9.73 Å². The molecule has 0 aliphatic carbocycles. The molecule has 1 heterocycles. The Kier molecular flexibility index (Phi) is 7.34. The van der Waals surface area contributed by atoms with Gasteiger partial charge in [0.05, 0.1) is 29.4 Å². The lowest BCUT2D eigenvalue weighted by atomic mass is 10.2. The number of nitrogens with one attached hydrogen (secondary N) is 1. The van der Waals surface area contributed by atoms with Gasteiger partial charge in [-0.05, 0) is 50.2 Å². The van der Waals surface area contributed by atoms with E-state index in [0.29, 0.717) is 33.0 Å². The molecule has 1 aromatic heterocycles. The lowest BCUT2D eigenvalue weighted by molar-refractivity contribution is -0.137. The molecule has 3 rings (SSSR count). The summed E-state index contributed by atoms with van der Waals surface area (Å²) in [5, 5.41) is 3.83. The molecule has 0 saturated heterocycles. The van der Waals surface area contributed by atoms with Crippen molar-refractivity contribution in [3.63, 3.8) is 0 Å². The predicted octanol–water partition coefficient (Wildman–Crippen LogP) is 4.17. The Hall–Kier alpha value is -3.67. The van der Waals surface area contributed by atoms with E-state index in [-0.39, 0.29) is 5.69 Å². The zero-order chi connectivity index (χ0) is 26.0. The maximum Gasteiger partial charge on any atom is 0.416 e. The molecule has 7 nitrogen and oxygen atoms in total. The molecule has 0 bridgehead atoms. The molecule has 1 N–H and O–H groups in total. The SMILES string of the molecule is Cc1cc(/C=N\NC(=O)CN(c2cccc(C(F)(F)F)c2)S(C)(=O)=O)c(C)n1-c1ccccc1F. The monoisotopic (exact) mass is 510 g/mol. The highest BCUT2D eigenvalue weighted by atomic mass is 32.2. The lowest BCUT2D eigenvalue weighted by Crippen LogP contribution is -2.39. The van der Waals surface area contributed by atoms with Crippen molar-refractivity contribution in [2.45, 2.75) is 20.0 Å². The molecule has 2 aromatic carbocycles. The minimum atomic E-state index is -4.68. The van der Waals surface area contributed by atoms with E-state index in [9.17, 15) is 30.8 Å². The number of carbonyl (C=O) groups excluding carboxylic acids is 1. The van der Waals surface area contributed by atoms with Gasteiger partial charge in [0.15, 0.2) is 0 Å². The van der Waals surface area contributed by atoms with E-state index in [2.05, 4.69) is 10.5 Å². The van der Waals surface area contributed by atoms with Crippen LogP contribution >= 0.6 is 0 Å². The summed E-state index contributed by atoms with van der Waals surface area (Å²) < 4.78 is 79.8. The molecule has 12 heteroatoms. The van der Waals surface area contributed by atoms with Crippen LogP contribution in [0.3, 0.4) is 0 Å². The van der Waals surface area contributed by atoms with Gasteiger partial charge in [0.2, 0.25) is 10.0 Å². The molecule has 0 fully saturated rings. The van der Waals surface area contributed by atoms with Gasteiger partial charge in [0.1, 0.15) is 12.4 Å². The Morgan fingerprint density at radius 2 is 1.80 bits per heavy atom. The molecule has 3 aromatic rings. The quantitative estimate of drug-likeness (QED) is 0.294. The molecule has 186 valence electrons. The van der Waals surface area contributed by atoms with Gasteiger partial charge in [-0.25, -0.2) is 18.2 Å². The number of hydrazone groups is 1. The standard InChI is InChI=1S/C23H22F4N4O3S/c1-15-11-17(16(2)31(15)21-10-5-4-9-20(21)24)13-28-29-22(32)14-30(35(3,33)34)19-8-6-7-18(12-19)23(25,26)27/h4-13H,14H2,1-3H3,(H,29,32)/b28-13-. The van der Waals surface area contributed by atoms with E-state index in [1.165, 1.54) is 12.3 Å². The Morgan fingerprint density at radius 1 is 1.11 bits per heavy atom. The molecule has 0 aliphatic rings. The van der Waals surface area contributed by atoms with E-state index in [4.69, 9.17) is 0 Å². The number of rotatable bonds is 7. The second-order valence-corrected chi connectivity index (χ2v) is 9.63. The van der Waals surface area contributed by atoms with Crippen LogP contribution in [0, 0.1) is 19.7 Å². The van der Waals surface area contributed by atoms with Crippen LogP contribution in [0.5, 0.6) is 0 Å². The number of aromatic nitrogens is 1. The van der Waals surface area contributed by atoms with Crippen molar-refractivity contribution in [2.75, 3.05) is 17.1 Å². The summed E-state index contributed by atoms with van der Waals surface area (Å²) in [6, 6.07) is 11.6. The second-order valence-electron chi connectivity index (χ2n) is 7.72.